The van der Waals surface area contributed by atoms with Gasteiger partial charge in [0.15, 0.2) is 0 Å². The van der Waals surface area contributed by atoms with Gasteiger partial charge in [-0.1, -0.05) is 54.1 Å². The van der Waals surface area contributed by atoms with Crippen LogP contribution >= 0.6 is 11.6 Å². The Bertz CT molecular complexity index is 1250. The van der Waals surface area contributed by atoms with Crippen LogP contribution in [0.3, 0.4) is 0 Å². The topological polar surface area (TPSA) is 15.6 Å². The molecule has 0 aliphatic carbocycles. The molecule has 4 rings (SSSR count). The Hall–Kier alpha value is -3.14. The zero-order valence-corrected chi connectivity index (χ0v) is 18.3. The van der Waals surface area contributed by atoms with Crippen molar-refractivity contribution >= 4 is 23.0 Å². The van der Waals surface area contributed by atoms with Crippen LogP contribution in [0.15, 0.2) is 77.9 Å². The van der Waals surface area contributed by atoms with Gasteiger partial charge in [-0.05, 0) is 47.0 Å². The van der Waals surface area contributed by atoms with Crippen LogP contribution in [0, 0.1) is 0 Å². The van der Waals surface area contributed by atoms with Gasteiger partial charge in [0.2, 0.25) is 0 Å². The molecule has 2 nitrogen and oxygen atoms in total. The second-order valence-corrected chi connectivity index (χ2v) is 8.24. The fraction of sp³-hybridized carbons (Fsp3) is 0.208. The zero-order chi connectivity index (χ0) is 25.6. The Morgan fingerprint density at radius 2 is 1.43 bits per heavy atom. The molecule has 1 heterocycles. The van der Waals surface area contributed by atoms with E-state index >= 15 is 0 Å². The minimum Gasteiger partial charge on any atom is -0.256 e. The summed E-state index contributed by atoms with van der Waals surface area (Å²) in [6.45, 7) is 0. The Morgan fingerprint density at radius 3 is 2.03 bits per heavy atom. The molecule has 0 saturated carbocycles. The highest BCUT2D eigenvalue weighted by atomic mass is 35.5. The van der Waals surface area contributed by atoms with Crippen LogP contribution in [0.4, 0.5) is 40.8 Å². The molecule has 1 aliphatic heterocycles. The van der Waals surface area contributed by atoms with Gasteiger partial charge in [-0.2, -0.15) is 40.2 Å². The molecule has 0 fully saturated rings. The molecule has 1 aliphatic rings. The van der Waals surface area contributed by atoms with Crippen molar-refractivity contribution in [2.75, 3.05) is 5.01 Å². The Balaban J connectivity index is 1.75. The fourth-order valence-corrected chi connectivity index (χ4v) is 3.98. The van der Waals surface area contributed by atoms with Crippen molar-refractivity contribution < 1.29 is 35.1 Å². The number of hydrogen-bond acceptors (Lipinski definition) is 2. The summed E-state index contributed by atoms with van der Waals surface area (Å²) >= 11 is 6.18. The van der Waals surface area contributed by atoms with Crippen molar-refractivity contribution in [2.45, 2.75) is 30.7 Å². The molecule has 0 aromatic heterocycles. The summed E-state index contributed by atoms with van der Waals surface area (Å²) in [6, 6.07) is 15.4. The first-order chi connectivity index (χ1) is 16.3. The number of alkyl halides is 8. The summed E-state index contributed by atoms with van der Waals surface area (Å²) in [7, 11) is 0. The van der Waals surface area contributed by atoms with Crippen molar-refractivity contribution in [1.82, 2.24) is 0 Å². The third kappa shape index (κ3) is 4.84. The molecule has 184 valence electrons. The molecule has 0 spiro atoms. The summed E-state index contributed by atoms with van der Waals surface area (Å²) < 4.78 is 106. The van der Waals surface area contributed by atoms with Crippen molar-refractivity contribution in [3.05, 3.63) is 88.9 Å². The minimum absolute atomic E-state index is 0.0942. The maximum atomic E-state index is 14.2. The summed E-state index contributed by atoms with van der Waals surface area (Å²) in [5.74, 6) is -5.16. The molecular formula is C24H15ClF8N2. The van der Waals surface area contributed by atoms with Crippen LogP contribution in [0.5, 0.6) is 0 Å². The van der Waals surface area contributed by atoms with E-state index in [4.69, 9.17) is 11.6 Å². The molecule has 0 bridgehead atoms. The van der Waals surface area contributed by atoms with Crippen molar-refractivity contribution in [3.63, 3.8) is 0 Å². The van der Waals surface area contributed by atoms with E-state index < -0.39 is 42.0 Å². The molecule has 0 saturated heterocycles. The normalized spacial score (nSPS) is 17.0. The van der Waals surface area contributed by atoms with E-state index in [2.05, 4.69) is 5.10 Å². The highest BCUT2D eigenvalue weighted by Gasteiger charge is 2.62. The maximum absolute atomic E-state index is 14.2. The maximum Gasteiger partial charge on any atom is 0.459 e. The Morgan fingerprint density at radius 1 is 0.771 bits per heavy atom. The number of anilines is 1. The van der Waals surface area contributed by atoms with E-state index in [1.165, 1.54) is 48.5 Å². The number of rotatable bonds is 4. The lowest BCUT2D eigenvalue weighted by atomic mass is 9.95. The molecule has 1 atom stereocenters. The van der Waals surface area contributed by atoms with E-state index in [0.29, 0.717) is 16.7 Å². The highest BCUT2D eigenvalue weighted by molar-refractivity contribution is 6.33. The lowest BCUT2D eigenvalue weighted by Crippen LogP contribution is -2.43. The van der Waals surface area contributed by atoms with Gasteiger partial charge in [0, 0.05) is 6.42 Å². The molecular weight excluding hydrogens is 504 g/mol. The summed E-state index contributed by atoms with van der Waals surface area (Å²) in [5, 5.41) is 4.74. The molecule has 35 heavy (non-hydrogen) atoms. The Labute approximate surface area is 199 Å². The molecule has 0 N–H and O–H groups in total. The average molecular weight is 519 g/mol. The van der Waals surface area contributed by atoms with Gasteiger partial charge in [-0.15, -0.1) is 0 Å². The largest absolute Gasteiger partial charge is 0.459 e. The smallest absolute Gasteiger partial charge is 0.256 e. The molecule has 1 unspecified atom stereocenters. The summed E-state index contributed by atoms with van der Waals surface area (Å²) in [5.41, 5.74) is -0.887. The van der Waals surface area contributed by atoms with E-state index in [0.717, 1.165) is 17.1 Å². The number of benzene rings is 3. The van der Waals surface area contributed by atoms with Crippen molar-refractivity contribution in [3.8, 4) is 11.1 Å². The van der Waals surface area contributed by atoms with Crippen LogP contribution < -0.4 is 5.01 Å². The summed E-state index contributed by atoms with van der Waals surface area (Å²) in [6.07, 6.45) is -11.1. The van der Waals surface area contributed by atoms with E-state index in [1.807, 2.05) is 0 Å². The number of nitrogens with zero attached hydrogens (tertiary/aromatic N) is 2. The first kappa shape index (κ1) is 25.0. The van der Waals surface area contributed by atoms with Gasteiger partial charge < -0.3 is 0 Å². The van der Waals surface area contributed by atoms with Gasteiger partial charge in [-0.25, -0.2) is 0 Å². The lowest BCUT2D eigenvalue weighted by molar-refractivity contribution is -0.249. The SMILES string of the molecule is FC(F)(F)c1ccc(-c2cccc(C3CC(C(F)(F)C(F)(F)F)=NN3c3ccccc3Cl)c2)cc1. The van der Waals surface area contributed by atoms with Gasteiger partial charge in [-0.3, -0.25) is 5.01 Å². The van der Waals surface area contributed by atoms with Gasteiger partial charge in [0.05, 0.1) is 22.3 Å². The molecule has 0 amide bonds. The zero-order valence-electron chi connectivity index (χ0n) is 17.5. The third-order valence-corrected chi connectivity index (χ3v) is 5.86. The average Bonchev–Trinajstić information content (AvgIpc) is 3.24. The Kier molecular flexibility index (Phi) is 6.29. The van der Waals surface area contributed by atoms with Crippen LogP contribution in [-0.2, 0) is 6.18 Å². The van der Waals surface area contributed by atoms with E-state index in [-0.39, 0.29) is 10.7 Å². The molecule has 0 radical (unpaired) electrons. The van der Waals surface area contributed by atoms with E-state index in [1.54, 1.807) is 12.1 Å². The standard InChI is InChI=1S/C24H15ClF8N2/c25-18-6-1-2-7-19(18)35-20(13-21(34-35)22(26,27)24(31,32)33)16-5-3-4-15(12-16)14-8-10-17(11-9-14)23(28,29)30/h1-12,20H,13H2. The molecule has 3 aromatic carbocycles. The van der Waals surface area contributed by atoms with Crippen LogP contribution in [0.2, 0.25) is 5.02 Å². The van der Waals surface area contributed by atoms with Crippen molar-refractivity contribution in [1.29, 1.82) is 0 Å². The number of hydrogen-bond donors (Lipinski definition) is 0. The van der Waals surface area contributed by atoms with Crippen LogP contribution in [0.1, 0.15) is 23.6 Å². The second kappa shape index (κ2) is 8.82. The predicted molar refractivity (Wildman–Crippen MR) is 117 cm³/mol. The molecule has 3 aromatic rings. The molecule has 11 heteroatoms. The lowest BCUT2D eigenvalue weighted by Gasteiger charge is -2.25. The first-order valence-corrected chi connectivity index (χ1v) is 10.5. The van der Waals surface area contributed by atoms with Gasteiger partial charge in [0.25, 0.3) is 0 Å². The summed E-state index contributed by atoms with van der Waals surface area (Å²) in [4.78, 5) is 0. The number of para-hydroxylation sites is 1. The quantitative estimate of drug-likeness (QED) is 0.316. The van der Waals surface area contributed by atoms with Crippen LogP contribution in [-0.4, -0.2) is 17.8 Å². The third-order valence-electron chi connectivity index (χ3n) is 5.55. The van der Waals surface area contributed by atoms with Gasteiger partial charge in [0.1, 0.15) is 5.71 Å². The van der Waals surface area contributed by atoms with Crippen LogP contribution in [0.25, 0.3) is 11.1 Å². The second-order valence-electron chi connectivity index (χ2n) is 7.84. The number of hydrazone groups is 1. The van der Waals surface area contributed by atoms with Gasteiger partial charge >= 0.3 is 18.3 Å². The predicted octanol–water partition coefficient (Wildman–Crippen LogP) is 8.53. The van der Waals surface area contributed by atoms with E-state index in [9.17, 15) is 35.1 Å². The monoisotopic (exact) mass is 518 g/mol. The first-order valence-electron chi connectivity index (χ1n) is 10.1. The minimum atomic E-state index is -5.84. The highest BCUT2D eigenvalue weighted by Crippen LogP contribution is 2.46. The van der Waals surface area contributed by atoms with Crippen molar-refractivity contribution in [2.24, 2.45) is 5.10 Å². The number of halogens is 9. The fourth-order valence-electron chi connectivity index (χ4n) is 3.76.